The maximum absolute atomic E-state index is 12.5. The van der Waals surface area contributed by atoms with Crippen molar-refractivity contribution in [2.24, 2.45) is 0 Å². The number of rotatable bonds is 17. The van der Waals surface area contributed by atoms with Gasteiger partial charge in [-0.3, -0.25) is 4.79 Å². The maximum Gasteiger partial charge on any atom is 0.387 e. The molecule has 2 rings (SSSR count). The zero-order valence-electron chi connectivity index (χ0n) is 22.7. The van der Waals surface area contributed by atoms with Crippen molar-refractivity contribution in [3.05, 3.63) is 29.3 Å². The lowest BCUT2D eigenvalue weighted by Gasteiger charge is -2.22. The summed E-state index contributed by atoms with van der Waals surface area (Å²) in [6.45, 7) is 4.19. The van der Waals surface area contributed by atoms with Crippen molar-refractivity contribution in [2.75, 3.05) is 25.6 Å². The van der Waals surface area contributed by atoms with E-state index in [4.69, 9.17) is 4.74 Å². The van der Waals surface area contributed by atoms with E-state index in [9.17, 15) is 23.8 Å². The first-order valence-corrected chi connectivity index (χ1v) is 12.9. The summed E-state index contributed by atoms with van der Waals surface area (Å²) in [5.74, 6) is 0.110. The molecule has 0 spiro atoms. The Kier molecular flexibility index (Phi) is 16.6. The molecule has 11 heteroatoms. The molecule has 1 atom stereocenters. The van der Waals surface area contributed by atoms with Gasteiger partial charge in [-0.1, -0.05) is 33.1 Å². The minimum absolute atomic E-state index is 0.154. The molecule has 0 amide bonds. The van der Waals surface area contributed by atoms with E-state index in [0.717, 1.165) is 43.7 Å². The van der Waals surface area contributed by atoms with E-state index < -0.39 is 6.61 Å². The van der Waals surface area contributed by atoms with Crippen molar-refractivity contribution >= 4 is 12.3 Å². The topological polar surface area (TPSA) is 123 Å². The van der Waals surface area contributed by atoms with Crippen LogP contribution in [0.5, 0.6) is 11.5 Å². The van der Waals surface area contributed by atoms with Gasteiger partial charge in [0.2, 0.25) is 0 Å². The second kappa shape index (κ2) is 19.1. The third-order valence-electron chi connectivity index (χ3n) is 5.79. The Morgan fingerprint density at radius 2 is 1.87 bits per heavy atom. The Morgan fingerprint density at radius 3 is 2.39 bits per heavy atom. The number of aromatic hydroxyl groups is 1. The van der Waals surface area contributed by atoms with E-state index in [2.05, 4.69) is 38.8 Å². The number of ether oxygens (including phenoxy) is 3. The first-order chi connectivity index (χ1) is 18.4. The average Bonchev–Trinajstić information content (AvgIpc) is 2.89. The summed E-state index contributed by atoms with van der Waals surface area (Å²) < 4.78 is 38.7. The number of alkyl halides is 2. The normalized spacial score (nSPS) is 11.5. The number of benzene rings is 1. The fraction of sp³-hybridized carbons (Fsp3) is 0.593. The standard InChI is InChI=1S/C24H35F2N3O4.C3H6O2/c1-4-6-7-9-16(5-2)27-23-20(15-30)18(10-8-13-32-3)22(28-29-23)19-12-11-17(14-21(19)31)33-24(25)26;1-2-5-3-4/h11-12,14,16,24,30-31H,4-10,13,15H2,1-3H3,(H,27,29);3H,2H2,1H3. The smallest absolute Gasteiger partial charge is 0.387 e. The van der Waals surface area contributed by atoms with Crippen LogP contribution in [0.25, 0.3) is 11.3 Å². The largest absolute Gasteiger partial charge is 0.507 e. The monoisotopic (exact) mass is 541 g/mol. The molecule has 0 radical (unpaired) electrons. The lowest BCUT2D eigenvalue weighted by molar-refractivity contribution is -0.128. The summed E-state index contributed by atoms with van der Waals surface area (Å²) in [6.07, 6.45) is 6.49. The van der Waals surface area contributed by atoms with Gasteiger partial charge in [0.1, 0.15) is 17.2 Å². The molecule has 0 aliphatic carbocycles. The number of nitrogens with one attached hydrogen (secondary N) is 1. The van der Waals surface area contributed by atoms with Gasteiger partial charge in [0.15, 0.2) is 5.82 Å². The van der Waals surface area contributed by atoms with E-state index in [1.807, 2.05) is 0 Å². The Hall–Kier alpha value is -3.05. The number of aliphatic hydroxyl groups excluding tert-OH is 1. The lowest BCUT2D eigenvalue weighted by atomic mass is 9.97. The Balaban J connectivity index is 0.00000132. The third-order valence-corrected chi connectivity index (χ3v) is 5.79. The van der Waals surface area contributed by atoms with Crippen LogP contribution in [0.3, 0.4) is 0 Å². The number of hydrogen-bond donors (Lipinski definition) is 3. The summed E-state index contributed by atoms with van der Waals surface area (Å²) in [5, 5.41) is 32.8. The van der Waals surface area contributed by atoms with Crippen LogP contribution >= 0.6 is 0 Å². The molecule has 1 aromatic carbocycles. The number of halogens is 2. The predicted octanol–water partition coefficient (Wildman–Crippen LogP) is 5.47. The molecular weight excluding hydrogens is 500 g/mol. The van der Waals surface area contributed by atoms with Gasteiger partial charge in [-0.25, -0.2) is 0 Å². The molecular formula is C27H41F2N3O6. The van der Waals surface area contributed by atoms with Crippen molar-refractivity contribution in [3.8, 4) is 22.8 Å². The van der Waals surface area contributed by atoms with E-state index >= 15 is 0 Å². The van der Waals surface area contributed by atoms with Gasteiger partial charge in [-0.15, -0.1) is 10.2 Å². The predicted molar refractivity (Wildman–Crippen MR) is 141 cm³/mol. The summed E-state index contributed by atoms with van der Waals surface area (Å²) in [4.78, 5) is 9.18. The fourth-order valence-corrected chi connectivity index (χ4v) is 3.84. The number of nitrogens with zero attached hydrogens (tertiary/aromatic N) is 2. The number of hydrogen-bond acceptors (Lipinski definition) is 9. The molecule has 38 heavy (non-hydrogen) atoms. The van der Waals surface area contributed by atoms with Crippen LogP contribution in [-0.2, 0) is 27.3 Å². The summed E-state index contributed by atoms with van der Waals surface area (Å²) in [6, 6.07) is 4.12. The van der Waals surface area contributed by atoms with Crippen LogP contribution in [0.2, 0.25) is 0 Å². The number of unbranched alkanes of at least 4 members (excludes halogenated alkanes) is 2. The number of aliphatic hydroxyl groups is 1. The third kappa shape index (κ3) is 11.1. The first kappa shape index (κ1) is 33.0. The zero-order valence-corrected chi connectivity index (χ0v) is 22.7. The van der Waals surface area contributed by atoms with Crippen LogP contribution in [0.4, 0.5) is 14.6 Å². The number of anilines is 1. The van der Waals surface area contributed by atoms with E-state index in [1.165, 1.54) is 12.1 Å². The molecule has 0 aliphatic heterocycles. The summed E-state index contributed by atoms with van der Waals surface area (Å²) in [5.41, 5.74) is 2.05. The molecule has 2 aromatic rings. The quantitative estimate of drug-likeness (QED) is 0.177. The molecule has 1 unspecified atom stereocenters. The molecule has 214 valence electrons. The van der Waals surface area contributed by atoms with Crippen LogP contribution in [0.1, 0.15) is 70.4 Å². The van der Waals surface area contributed by atoms with Crippen LogP contribution < -0.4 is 10.1 Å². The molecule has 0 saturated carbocycles. The van der Waals surface area contributed by atoms with Crippen molar-refractivity contribution in [1.82, 2.24) is 10.2 Å². The lowest BCUT2D eigenvalue weighted by Crippen LogP contribution is -2.21. The van der Waals surface area contributed by atoms with Crippen LogP contribution in [-0.4, -0.2) is 59.9 Å². The molecule has 1 heterocycles. The Labute approximate surface area is 223 Å². The summed E-state index contributed by atoms with van der Waals surface area (Å²) >= 11 is 0. The van der Waals surface area contributed by atoms with E-state index in [0.29, 0.717) is 55.2 Å². The summed E-state index contributed by atoms with van der Waals surface area (Å²) in [7, 11) is 1.61. The van der Waals surface area contributed by atoms with Gasteiger partial charge in [0.05, 0.1) is 13.2 Å². The van der Waals surface area contributed by atoms with Crippen LogP contribution in [0.15, 0.2) is 18.2 Å². The fourth-order valence-electron chi connectivity index (χ4n) is 3.84. The molecule has 3 N–H and O–H groups in total. The number of aromatic nitrogens is 2. The van der Waals surface area contributed by atoms with Crippen molar-refractivity contribution in [1.29, 1.82) is 0 Å². The number of methoxy groups -OCH3 is 1. The zero-order chi connectivity index (χ0) is 28.3. The van der Waals surface area contributed by atoms with Gasteiger partial charge in [-0.2, -0.15) is 8.78 Å². The number of carbonyl (C=O) groups is 1. The molecule has 9 nitrogen and oxygen atoms in total. The van der Waals surface area contributed by atoms with Gasteiger partial charge in [-0.05, 0) is 50.3 Å². The van der Waals surface area contributed by atoms with Crippen molar-refractivity contribution < 1.29 is 38.0 Å². The highest BCUT2D eigenvalue weighted by Gasteiger charge is 2.21. The van der Waals surface area contributed by atoms with Gasteiger partial charge in [0.25, 0.3) is 6.47 Å². The van der Waals surface area contributed by atoms with Crippen molar-refractivity contribution in [2.45, 2.75) is 85.0 Å². The average molecular weight is 542 g/mol. The molecule has 0 fully saturated rings. The Bertz CT molecular complexity index is 949. The van der Waals surface area contributed by atoms with Crippen molar-refractivity contribution in [3.63, 3.8) is 0 Å². The number of carbonyl (C=O) groups excluding carboxylic acids is 1. The minimum Gasteiger partial charge on any atom is -0.507 e. The van der Waals surface area contributed by atoms with E-state index in [1.54, 1.807) is 14.0 Å². The highest BCUT2D eigenvalue weighted by molar-refractivity contribution is 5.73. The number of phenolic OH excluding ortho intramolecular Hbond substituents is 1. The second-order valence-corrected chi connectivity index (χ2v) is 8.46. The number of phenols is 1. The van der Waals surface area contributed by atoms with Gasteiger partial charge >= 0.3 is 6.61 Å². The molecule has 1 aromatic heterocycles. The van der Waals surface area contributed by atoms with E-state index in [-0.39, 0.29) is 24.1 Å². The molecule has 0 aliphatic rings. The first-order valence-electron chi connectivity index (χ1n) is 12.9. The maximum atomic E-state index is 12.5. The highest BCUT2D eigenvalue weighted by atomic mass is 19.3. The Morgan fingerprint density at radius 1 is 1.11 bits per heavy atom. The minimum atomic E-state index is -2.99. The highest BCUT2D eigenvalue weighted by Crippen LogP contribution is 2.36. The van der Waals surface area contributed by atoms with Gasteiger partial charge < -0.3 is 29.7 Å². The molecule has 0 saturated heterocycles. The SMILES string of the molecule is CCCCCC(CC)Nc1nnc(-c2ccc(OC(F)F)cc2O)c(CCCOC)c1CO.CCOC=O. The molecule has 0 bridgehead atoms. The van der Waals surface area contributed by atoms with Crippen LogP contribution in [0, 0.1) is 0 Å². The second-order valence-electron chi connectivity index (χ2n) is 8.46. The van der Waals surface area contributed by atoms with Gasteiger partial charge in [0, 0.05) is 37.0 Å².